The number of furan rings is 1. The Morgan fingerprint density at radius 2 is 1.89 bits per heavy atom. The number of hydrogen-bond donors (Lipinski definition) is 0. The molecule has 1 heterocycles. The molecule has 0 aliphatic rings. The van der Waals surface area contributed by atoms with E-state index in [1.807, 2.05) is 6.92 Å². The molecule has 2 rings (SSSR count). The van der Waals surface area contributed by atoms with Crippen LogP contribution in [0.5, 0.6) is 0 Å². The van der Waals surface area contributed by atoms with Gasteiger partial charge in [0.15, 0.2) is 17.4 Å². The van der Waals surface area contributed by atoms with Gasteiger partial charge in [-0.1, -0.05) is 6.07 Å². The molecule has 0 fully saturated rings. The van der Waals surface area contributed by atoms with Gasteiger partial charge in [0, 0.05) is 6.42 Å². The third kappa shape index (κ3) is 2.47. The van der Waals surface area contributed by atoms with E-state index in [0.717, 1.165) is 17.7 Å². The van der Waals surface area contributed by atoms with Crippen LogP contribution in [0.2, 0.25) is 0 Å². The molecule has 0 amide bonds. The summed E-state index contributed by atoms with van der Waals surface area (Å²) in [5.41, 5.74) is 1.31. The molecule has 0 aliphatic heterocycles. The molecule has 0 radical (unpaired) electrons. The van der Waals surface area contributed by atoms with Crippen molar-refractivity contribution >= 4 is 5.78 Å². The number of carbonyl (C=O) groups is 1. The van der Waals surface area contributed by atoms with Gasteiger partial charge in [-0.25, -0.2) is 8.78 Å². The van der Waals surface area contributed by atoms with Gasteiger partial charge in [0.05, 0.1) is 0 Å². The quantitative estimate of drug-likeness (QED) is 0.779. The maximum Gasteiger partial charge on any atom is 0.202 e. The lowest BCUT2D eigenvalue weighted by Crippen LogP contribution is -2.03. The summed E-state index contributed by atoms with van der Waals surface area (Å²) in [6.45, 7) is 3.61. The Morgan fingerprint density at radius 3 is 2.44 bits per heavy atom. The first-order valence-electron chi connectivity index (χ1n) is 5.51. The molecular weight excluding hydrogens is 238 g/mol. The van der Waals surface area contributed by atoms with Crippen molar-refractivity contribution in [3.8, 4) is 0 Å². The van der Waals surface area contributed by atoms with Crippen LogP contribution in [0, 0.1) is 25.5 Å². The van der Waals surface area contributed by atoms with Gasteiger partial charge in [-0.05, 0) is 43.2 Å². The second-order valence-corrected chi connectivity index (χ2v) is 4.20. The van der Waals surface area contributed by atoms with Crippen molar-refractivity contribution in [3.05, 3.63) is 58.5 Å². The minimum atomic E-state index is -0.952. The summed E-state index contributed by atoms with van der Waals surface area (Å²) < 4.78 is 31.0. The molecule has 0 saturated carbocycles. The van der Waals surface area contributed by atoms with Crippen LogP contribution in [-0.2, 0) is 6.42 Å². The second kappa shape index (κ2) is 4.72. The van der Waals surface area contributed by atoms with E-state index >= 15 is 0 Å². The van der Waals surface area contributed by atoms with Gasteiger partial charge in [-0.2, -0.15) is 0 Å². The molecular formula is C14H12F2O2. The Morgan fingerprint density at radius 1 is 1.17 bits per heavy atom. The van der Waals surface area contributed by atoms with Gasteiger partial charge in [-0.3, -0.25) is 4.79 Å². The second-order valence-electron chi connectivity index (χ2n) is 4.20. The normalized spacial score (nSPS) is 10.7. The lowest BCUT2D eigenvalue weighted by atomic mass is 10.1. The molecule has 2 aromatic rings. The van der Waals surface area contributed by atoms with E-state index in [1.165, 1.54) is 6.07 Å². The van der Waals surface area contributed by atoms with E-state index in [0.29, 0.717) is 11.3 Å². The summed E-state index contributed by atoms with van der Waals surface area (Å²) in [6, 6.07) is 5.07. The number of rotatable bonds is 3. The number of carbonyl (C=O) groups excluding carboxylic acids is 1. The molecule has 0 saturated heterocycles. The van der Waals surface area contributed by atoms with Crippen LogP contribution in [0.4, 0.5) is 8.78 Å². The SMILES string of the molecule is Cc1cc(C(=O)Cc2ccc(F)c(F)c2)oc1C. The highest BCUT2D eigenvalue weighted by atomic mass is 19.2. The Labute approximate surface area is 103 Å². The number of benzene rings is 1. The number of ketones is 1. The number of hydrogen-bond acceptors (Lipinski definition) is 2. The van der Waals surface area contributed by atoms with Crippen LogP contribution < -0.4 is 0 Å². The van der Waals surface area contributed by atoms with Gasteiger partial charge in [-0.15, -0.1) is 0 Å². The topological polar surface area (TPSA) is 30.2 Å². The monoisotopic (exact) mass is 250 g/mol. The fraction of sp³-hybridized carbons (Fsp3) is 0.214. The summed E-state index contributed by atoms with van der Waals surface area (Å²) in [5.74, 6) is -1.20. The highest BCUT2D eigenvalue weighted by molar-refractivity contribution is 5.95. The first kappa shape index (κ1) is 12.5. The fourth-order valence-electron chi connectivity index (χ4n) is 1.63. The summed E-state index contributed by atoms with van der Waals surface area (Å²) in [7, 11) is 0. The van der Waals surface area contributed by atoms with Crippen molar-refractivity contribution < 1.29 is 18.0 Å². The third-order valence-corrected chi connectivity index (χ3v) is 2.79. The lowest BCUT2D eigenvalue weighted by molar-refractivity contribution is 0.0965. The average Bonchev–Trinajstić information content (AvgIpc) is 2.65. The van der Waals surface area contributed by atoms with E-state index < -0.39 is 11.6 Å². The zero-order valence-electron chi connectivity index (χ0n) is 10.1. The maximum atomic E-state index is 13.0. The number of halogens is 2. The van der Waals surface area contributed by atoms with Gasteiger partial charge < -0.3 is 4.42 Å². The predicted octanol–water partition coefficient (Wildman–Crippen LogP) is 3.60. The summed E-state index contributed by atoms with van der Waals surface area (Å²) >= 11 is 0. The molecule has 2 nitrogen and oxygen atoms in total. The molecule has 18 heavy (non-hydrogen) atoms. The van der Waals surface area contributed by atoms with E-state index in [9.17, 15) is 13.6 Å². The molecule has 94 valence electrons. The first-order valence-corrected chi connectivity index (χ1v) is 5.51. The van der Waals surface area contributed by atoms with E-state index in [4.69, 9.17) is 4.42 Å². The van der Waals surface area contributed by atoms with E-state index in [1.54, 1.807) is 13.0 Å². The Kier molecular flexibility index (Phi) is 3.28. The lowest BCUT2D eigenvalue weighted by Gasteiger charge is -2.00. The largest absolute Gasteiger partial charge is 0.458 e. The summed E-state index contributed by atoms with van der Waals surface area (Å²) in [5, 5.41) is 0. The van der Waals surface area contributed by atoms with Crippen molar-refractivity contribution in [2.45, 2.75) is 20.3 Å². The Hall–Kier alpha value is -1.97. The molecule has 0 spiro atoms. The van der Waals surface area contributed by atoms with E-state index in [2.05, 4.69) is 0 Å². The van der Waals surface area contributed by atoms with Crippen LogP contribution in [0.25, 0.3) is 0 Å². The van der Waals surface area contributed by atoms with Gasteiger partial charge in [0.2, 0.25) is 5.78 Å². The molecule has 1 aromatic heterocycles. The smallest absolute Gasteiger partial charge is 0.202 e. The molecule has 0 aliphatic carbocycles. The fourth-order valence-corrected chi connectivity index (χ4v) is 1.63. The van der Waals surface area contributed by atoms with Crippen LogP contribution in [-0.4, -0.2) is 5.78 Å². The third-order valence-electron chi connectivity index (χ3n) is 2.79. The highest BCUT2D eigenvalue weighted by Crippen LogP contribution is 2.16. The van der Waals surface area contributed by atoms with Gasteiger partial charge in [0.1, 0.15) is 5.76 Å². The van der Waals surface area contributed by atoms with E-state index in [-0.39, 0.29) is 18.0 Å². The van der Waals surface area contributed by atoms with Crippen molar-refractivity contribution in [2.24, 2.45) is 0 Å². The highest BCUT2D eigenvalue weighted by Gasteiger charge is 2.14. The Balaban J connectivity index is 2.18. The summed E-state index contributed by atoms with van der Waals surface area (Å²) in [6.07, 6.45) is -0.0103. The Bertz CT molecular complexity index is 580. The van der Waals surface area contributed by atoms with Crippen molar-refractivity contribution in [1.29, 1.82) is 0 Å². The zero-order chi connectivity index (χ0) is 13.3. The zero-order valence-corrected chi connectivity index (χ0v) is 10.1. The molecule has 1 aromatic carbocycles. The van der Waals surface area contributed by atoms with Gasteiger partial charge in [0.25, 0.3) is 0 Å². The molecule has 0 N–H and O–H groups in total. The van der Waals surface area contributed by atoms with Crippen LogP contribution in [0.1, 0.15) is 27.4 Å². The van der Waals surface area contributed by atoms with Crippen molar-refractivity contribution in [3.63, 3.8) is 0 Å². The van der Waals surface area contributed by atoms with Gasteiger partial charge >= 0.3 is 0 Å². The minimum absolute atomic E-state index is 0.0103. The standard InChI is InChI=1S/C14H12F2O2/c1-8-5-14(18-9(8)2)13(17)7-10-3-4-11(15)12(16)6-10/h3-6H,7H2,1-2H3. The molecule has 0 bridgehead atoms. The van der Waals surface area contributed by atoms with Crippen LogP contribution in [0.3, 0.4) is 0 Å². The minimum Gasteiger partial charge on any atom is -0.458 e. The molecule has 4 heteroatoms. The first-order chi connectivity index (χ1) is 8.47. The predicted molar refractivity (Wildman–Crippen MR) is 62.6 cm³/mol. The molecule has 0 unspecified atom stereocenters. The average molecular weight is 250 g/mol. The van der Waals surface area contributed by atoms with Crippen molar-refractivity contribution in [2.75, 3.05) is 0 Å². The maximum absolute atomic E-state index is 13.0. The number of aryl methyl sites for hydroxylation is 2. The van der Waals surface area contributed by atoms with Crippen LogP contribution in [0.15, 0.2) is 28.7 Å². The van der Waals surface area contributed by atoms with Crippen molar-refractivity contribution in [1.82, 2.24) is 0 Å². The van der Waals surface area contributed by atoms with Crippen LogP contribution >= 0.6 is 0 Å². The number of Topliss-reactive ketones (excluding diaryl/α,β-unsaturated/α-hetero) is 1. The molecule has 0 atom stereocenters. The summed E-state index contributed by atoms with van der Waals surface area (Å²) in [4.78, 5) is 11.9.